The molecule has 3 aromatic rings. The number of fused-ring (bicyclic) bond motifs is 1. The Morgan fingerprint density at radius 1 is 0.730 bits per heavy atom. The second-order valence-electron chi connectivity index (χ2n) is 7.93. The molecule has 7 heteroatoms. The highest BCUT2D eigenvalue weighted by Crippen LogP contribution is 2.43. The maximum Gasteiger partial charge on any atom is 0.231 e. The Kier molecular flexibility index (Phi) is 8.15. The van der Waals surface area contributed by atoms with E-state index in [1.807, 2.05) is 48.6 Å². The molecule has 1 heterocycles. The highest BCUT2D eigenvalue weighted by atomic mass is 16.7. The van der Waals surface area contributed by atoms with Crippen LogP contribution >= 0.6 is 0 Å². The largest absolute Gasteiger partial charge is 0.497 e. The van der Waals surface area contributed by atoms with Crippen molar-refractivity contribution in [1.29, 1.82) is 0 Å². The lowest BCUT2D eigenvalue weighted by atomic mass is 10.0. The van der Waals surface area contributed by atoms with E-state index in [-0.39, 0.29) is 12.6 Å². The van der Waals surface area contributed by atoms with Gasteiger partial charge in [0.05, 0.1) is 28.4 Å². The molecule has 37 heavy (non-hydrogen) atoms. The SMILES string of the molecule is COc1ccc(/C=C/c2cc(OC)cc(OC)c2/C=C/C(=O)/C=C/c2ccc3c(c2OC)OCO3)cc1. The molecule has 0 aromatic heterocycles. The van der Waals surface area contributed by atoms with Crippen molar-refractivity contribution in [3.8, 4) is 34.5 Å². The highest BCUT2D eigenvalue weighted by Gasteiger charge is 2.20. The molecule has 0 unspecified atom stereocenters. The summed E-state index contributed by atoms with van der Waals surface area (Å²) in [6.45, 7) is 0.138. The lowest BCUT2D eigenvalue weighted by Gasteiger charge is -2.11. The monoisotopic (exact) mass is 500 g/mol. The van der Waals surface area contributed by atoms with Crippen LogP contribution < -0.4 is 28.4 Å². The molecule has 0 fully saturated rings. The zero-order chi connectivity index (χ0) is 26.2. The lowest BCUT2D eigenvalue weighted by molar-refractivity contribution is -0.110. The minimum Gasteiger partial charge on any atom is -0.497 e. The third-order valence-electron chi connectivity index (χ3n) is 5.74. The van der Waals surface area contributed by atoms with Crippen molar-refractivity contribution in [3.05, 3.63) is 82.9 Å². The predicted octanol–water partition coefficient (Wildman–Crippen LogP) is 5.92. The first-order valence-corrected chi connectivity index (χ1v) is 11.5. The fourth-order valence-electron chi connectivity index (χ4n) is 3.82. The highest BCUT2D eigenvalue weighted by molar-refractivity contribution is 6.05. The van der Waals surface area contributed by atoms with Gasteiger partial charge in [-0.3, -0.25) is 4.79 Å². The van der Waals surface area contributed by atoms with Crippen LogP contribution in [0.5, 0.6) is 34.5 Å². The van der Waals surface area contributed by atoms with E-state index in [2.05, 4.69) is 0 Å². The van der Waals surface area contributed by atoms with E-state index in [1.165, 1.54) is 12.2 Å². The summed E-state index contributed by atoms with van der Waals surface area (Å²) >= 11 is 0. The average Bonchev–Trinajstić information content (AvgIpc) is 3.42. The Bertz CT molecular complexity index is 1350. The van der Waals surface area contributed by atoms with Crippen LogP contribution in [-0.4, -0.2) is 41.0 Å². The summed E-state index contributed by atoms with van der Waals surface area (Å²) in [5.41, 5.74) is 3.28. The number of rotatable bonds is 10. The molecule has 0 N–H and O–H groups in total. The molecule has 1 aliphatic heterocycles. The Morgan fingerprint density at radius 3 is 2.19 bits per heavy atom. The number of carbonyl (C=O) groups excluding carboxylic acids is 1. The maximum absolute atomic E-state index is 12.7. The number of hydrogen-bond acceptors (Lipinski definition) is 7. The zero-order valence-corrected chi connectivity index (χ0v) is 21.1. The van der Waals surface area contributed by atoms with E-state index in [0.717, 1.165) is 22.4 Å². The number of ether oxygens (including phenoxy) is 6. The molecule has 0 spiro atoms. The van der Waals surface area contributed by atoms with Crippen molar-refractivity contribution in [3.63, 3.8) is 0 Å². The summed E-state index contributed by atoms with van der Waals surface area (Å²) in [5.74, 6) is 3.47. The van der Waals surface area contributed by atoms with Gasteiger partial charge in [-0.2, -0.15) is 0 Å². The van der Waals surface area contributed by atoms with Gasteiger partial charge in [0.15, 0.2) is 17.3 Å². The smallest absolute Gasteiger partial charge is 0.231 e. The third kappa shape index (κ3) is 5.95. The van der Waals surface area contributed by atoms with Crippen molar-refractivity contribution >= 4 is 30.1 Å². The van der Waals surface area contributed by atoms with Gasteiger partial charge in [-0.05, 0) is 65.8 Å². The molecule has 1 aliphatic rings. The van der Waals surface area contributed by atoms with Gasteiger partial charge in [0.1, 0.15) is 17.2 Å². The first kappa shape index (κ1) is 25.4. The molecule has 0 aliphatic carbocycles. The van der Waals surface area contributed by atoms with E-state index >= 15 is 0 Å². The van der Waals surface area contributed by atoms with E-state index in [0.29, 0.717) is 34.3 Å². The van der Waals surface area contributed by atoms with E-state index in [4.69, 9.17) is 28.4 Å². The molecule has 190 valence electrons. The van der Waals surface area contributed by atoms with Crippen molar-refractivity contribution in [2.75, 3.05) is 35.2 Å². The molecule has 0 radical (unpaired) electrons. The molecule has 4 rings (SSSR count). The molecule has 0 saturated carbocycles. The normalized spacial score (nSPS) is 12.4. The number of ketones is 1. The quantitative estimate of drug-likeness (QED) is 0.253. The van der Waals surface area contributed by atoms with Crippen molar-refractivity contribution in [1.82, 2.24) is 0 Å². The summed E-state index contributed by atoms with van der Waals surface area (Å²) in [7, 11) is 6.36. The average molecular weight is 501 g/mol. The molecule has 0 saturated heterocycles. The first-order valence-electron chi connectivity index (χ1n) is 11.5. The van der Waals surface area contributed by atoms with Crippen LogP contribution in [0.4, 0.5) is 0 Å². The van der Waals surface area contributed by atoms with Gasteiger partial charge in [0, 0.05) is 17.2 Å². The molecule has 0 amide bonds. The standard InChI is InChI=1S/C30H28O7/c1-32-24-13-6-20(7-14-24)5-8-22-17-25(33-2)18-28(34-3)26(22)15-12-23(31)11-9-21-10-16-27-30(29(21)35-4)37-19-36-27/h5-18H,19H2,1-4H3/b8-5+,11-9+,15-12+. The number of carbonyl (C=O) groups is 1. The second-order valence-corrected chi connectivity index (χ2v) is 7.93. The van der Waals surface area contributed by atoms with Crippen molar-refractivity contribution in [2.45, 2.75) is 0 Å². The van der Waals surface area contributed by atoms with Gasteiger partial charge in [-0.25, -0.2) is 0 Å². The minimum atomic E-state index is -0.206. The summed E-state index contributed by atoms with van der Waals surface area (Å²) in [4.78, 5) is 12.7. The van der Waals surface area contributed by atoms with E-state index in [1.54, 1.807) is 52.7 Å². The van der Waals surface area contributed by atoms with E-state index < -0.39 is 0 Å². The van der Waals surface area contributed by atoms with Crippen LogP contribution in [0.15, 0.2) is 60.7 Å². The van der Waals surface area contributed by atoms with Gasteiger partial charge in [0.25, 0.3) is 0 Å². The number of benzene rings is 3. The number of methoxy groups -OCH3 is 4. The van der Waals surface area contributed by atoms with Gasteiger partial charge < -0.3 is 28.4 Å². The van der Waals surface area contributed by atoms with Gasteiger partial charge >= 0.3 is 0 Å². The van der Waals surface area contributed by atoms with Crippen molar-refractivity contribution in [2.24, 2.45) is 0 Å². The minimum absolute atomic E-state index is 0.138. The van der Waals surface area contributed by atoms with Crippen LogP contribution in [0.25, 0.3) is 24.3 Å². The van der Waals surface area contributed by atoms with Crippen LogP contribution in [0.2, 0.25) is 0 Å². The van der Waals surface area contributed by atoms with E-state index in [9.17, 15) is 4.79 Å². The topological polar surface area (TPSA) is 72.5 Å². The molecule has 0 atom stereocenters. The van der Waals surface area contributed by atoms with Crippen molar-refractivity contribution < 1.29 is 33.2 Å². The molecule has 7 nitrogen and oxygen atoms in total. The number of allylic oxidation sites excluding steroid dienone is 2. The Balaban J connectivity index is 1.60. The molecule has 0 bridgehead atoms. The number of hydrogen-bond donors (Lipinski definition) is 0. The first-order chi connectivity index (χ1) is 18.1. The Hall–Kier alpha value is -4.65. The lowest BCUT2D eigenvalue weighted by Crippen LogP contribution is -1.95. The van der Waals surface area contributed by atoms with Gasteiger partial charge in [0.2, 0.25) is 12.5 Å². The molecule has 3 aromatic carbocycles. The van der Waals surface area contributed by atoms with Crippen LogP contribution in [-0.2, 0) is 4.79 Å². The second kappa shape index (κ2) is 11.9. The zero-order valence-electron chi connectivity index (χ0n) is 21.1. The Labute approximate surface area is 216 Å². The Morgan fingerprint density at radius 2 is 1.49 bits per heavy atom. The van der Waals surface area contributed by atoms with Gasteiger partial charge in [-0.15, -0.1) is 0 Å². The van der Waals surface area contributed by atoms with Crippen LogP contribution in [0, 0.1) is 0 Å². The summed E-state index contributed by atoms with van der Waals surface area (Å²) in [5, 5.41) is 0. The molecular weight excluding hydrogens is 472 g/mol. The fraction of sp³-hybridized carbons (Fsp3) is 0.167. The third-order valence-corrected chi connectivity index (χ3v) is 5.74. The van der Waals surface area contributed by atoms with Crippen LogP contribution in [0.3, 0.4) is 0 Å². The summed E-state index contributed by atoms with van der Waals surface area (Å²) in [6, 6.07) is 15.0. The maximum atomic E-state index is 12.7. The molecular formula is C30H28O7. The van der Waals surface area contributed by atoms with Crippen LogP contribution in [0.1, 0.15) is 22.3 Å². The summed E-state index contributed by atoms with van der Waals surface area (Å²) in [6.07, 6.45) is 10.3. The predicted molar refractivity (Wildman–Crippen MR) is 144 cm³/mol. The fourth-order valence-corrected chi connectivity index (χ4v) is 3.82. The summed E-state index contributed by atoms with van der Waals surface area (Å²) < 4.78 is 32.6. The van der Waals surface area contributed by atoms with Gasteiger partial charge in [-0.1, -0.05) is 24.3 Å².